The zero-order valence-electron chi connectivity index (χ0n) is 6.67. The molecule has 2 aliphatic heterocycles. The van der Waals surface area contributed by atoms with Crippen molar-refractivity contribution in [2.45, 2.75) is 24.4 Å². The first-order valence-electron chi connectivity index (χ1n) is 4.20. The summed E-state index contributed by atoms with van der Waals surface area (Å²) in [5.41, 5.74) is 1.71. The molecule has 0 N–H and O–H groups in total. The van der Waals surface area contributed by atoms with Crippen molar-refractivity contribution in [3.63, 3.8) is 0 Å². The van der Waals surface area contributed by atoms with E-state index in [9.17, 15) is 0 Å². The summed E-state index contributed by atoms with van der Waals surface area (Å²) in [4.78, 5) is 0. The summed E-state index contributed by atoms with van der Waals surface area (Å²) in [5, 5.41) is 0. The van der Waals surface area contributed by atoms with Crippen LogP contribution in [-0.4, -0.2) is 37.7 Å². The number of ether oxygens (including phenoxy) is 2. The van der Waals surface area contributed by atoms with Crippen LogP contribution in [0.4, 0.5) is 0 Å². The maximum absolute atomic E-state index is 5.85. The van der Waals surface area contributed by atoms with Gasteiger partial charge in [0.2, 0.25) is 0 Å². The second-order valence-corrected chi connectivity index (χ2v) is 3.93. The Balaban J connectivity index is 1.89. The minimum absolute atomic E-state index is 0.0914. The van der Waals surface area contributed by atoms with Gasteiger partial charge >= 0.3 is 65.9 Å². The molecule has 3 heteroatoms. The Bertz CT molecular complexity index is 234. The van der Waals surface area contributed by atoms with Gasteiger partial charge in [-0.1, -0.05) is 0 Å². The van der Waals surface area contributed by atoms with Crippen molar-refractivity contribution in [1.82, 2.24) is 0 Å². The second-order valence-electron chi connectivity index (χ2n) is 3.93. The van der Waals surface area contributed by atoms with Crippen LogP contribution < -0.4 is 0 Å². The third-order valence-electron chi connectivity index (χ3n) is 3.16. The van der Waals surface area contributed by atoms with E-state index in [-0.39, 0.29) is 5.60 Å². The van der Waals surface area contributed by atoms with Gasteiger partial charge in [-0.3, -0.25) is 0 Å². The van der Waals surface area contributed by atoms with Crippen LogP contribution in [0.5, 0.6) is 0 Å². The summed E-state index contributed by atoms with van der Waals surface area (Å²) in [5.74, 6) is 0.769. The van der Waals surface area contributed by atoms with Gasteiger partial charge in [0.15, 0.2) is 0 Å². The number of methoxy groups -OCH3 is 1. The van der Waals surface area contributed by atoms with E-state index in [1.807, 2.05) is 0 Å². The van der Waals surface area contributed by atoms with Crippen LogP contribution in [0.3, 0.4) is 0 Å². The van der Waals surface area contributed by atoms with Gasteiger partial charge in [0.1, 0.15) is 0 Å². The molecule has 0 aromatic rings. The fourth-order valence-corrected chi connectivity index (χ4v) is 2.73. The van der Waals surface area contributed by atoms with Gasteiger partial charge in [-0.25, -0.2) is 0 Å². The summed E-state index contributed by atoms with van der Waals surface area (Å²) in [6.45, 7) is 3.04. The molecule has 58 valence electrons. The van der Waals surface area contributed by atoms with Crippen molar-refractivity contribution in [3.8, 4) is 0 Å². The fraction of sp³-hybridized carbons (Fsp3) is 0.875. The van der Waals surface area contributed by atoms with Gasteiger partial charge in [-0.05, 0) is 0 Å². The van der Waals surface area contributed by atoms with Gasteiger partial charge in [0.25, 0.3) is 0 Å². The van der Waals surface area contributed by atoms with Crippen molar-refractivity contribution >= 4 is 12.4 Å². The molecule has 1 aliphatic carbocycles. The SMILES string of the molecule is COC[C@]12CC3=B[C@H](O1)[C@H]3C2. The maximum atomic E-state index is 5.85. The van der Waals surface area contributed by atoms with Crippen molar-refractivity contribution in [2.24, 2.45) is 5.92 Å². The number of hydrogen-bond acceptors (Lipinski definition) is 2. The van der Waals surface area contributed by atoms with Gasteiger partial charge < -0.3 is 0 Å². The third-order valence-corrected chi connectivity index (χ3v) is 3.16. The molecule has 11 heavy (non-hydrogen) atoms. The van der Waals surface area contributed by atoms with Crippen LogP contribution >= 0.6 is 0 Å². The zero-order valence-corrected chi connectivity index (χ0v) is 6.67. The van der Waals surface area contributed by atoms with Gasteiger partial charge in [-0.2, -0.15) is 0 Å². The number of fused-ring (bicyclic) bond motifs is 1. The van der Waals surface area contributed by atoms with E-state index < -0.39 is 0 Å². The Morgan fingerprint density at radius 1 is 1.82 bits per heavy atom. The van der Waals surface area contributed by atoms with Crippen LogP contribution in [-0.2, 0) is 9.47 Å². The van der Waals surface area contributed by atoms with Crippen LogP contribution in [0.1, 0.15) is 12.8 Å². The van der Waals surface area contributed by atoms with Gasteiger partial charge in [0, 0.05) is 0 Å². The molecule has 0 radical (unpaired) electrons. The Morgan fingerprint density at radius 3 is 3.18 bits per heavy atom. The third kappa shape index (κ3) is 0.639. The molecule has 1 saturated carbocycles. The van der Waals surface area contributed by atoms with Gasteiger partial charge in [-0.15, -0.1) is 0 Å². The van der Waals surface area contributed by atoms with E-state index in [0.717, 1.165) is 18.9 Å². The number of hydrogen-bond donors (Lipinski definition) is 0. The Labute approximate surface area is 66.8 Å². The minimum atomic E-state index is 0.0914. The average molecular weight is 150 g/mol. The summed E-state index contributed by atoms with van der Waals surface area (Å²) in [7, 11) is 1.75. The Morgan fingerprint density at radius 2 is 2.73 bits per heavy atom. The predicted octanol–water partition coefficient (Wildman–Crippen LogP) is 0.0281. The molecule has 2 nitrogen and oxygen atoms in total. The number of rotatable bonds is 2. The molecule has 1 saturated heterocycles. The molecule has 3 aliphatic rings. The molecular formula is C8H11BO2. The van der Waals surface area contributed by atoms with Crippen molar-refractivity contribution in [3.05, 3.63) is 0 Å². The molecule has 2 heterocycles. The topological polar surface area (TPSA) is 18.5 Å². The van der Waals surface area contributed by atoms with Crippen molar-refractivity contribution < 1.29 is 9.47 Å². The van der Waals surface area contributed by atoms with Crippen LogP contribution in [0.2, 0.25) is 0 Å². The van der Waals surface area contributed by atoms with E-state index in [1.165, 1.54) is 6.42 Å². The van der Waals surface area contributed by atoms with Crippen LogP contribution in [0.15, 0.2) is 0 Å². The van der Waals surface area contributed by atoms with Crippen molar-refractivity contribution in [2.75, 3.05) is 13.7 Å². The fourth-order valence-electron chi connectivity index (χ4n) is 2.73. The standard InChI is InChI=1S/C8H11BO2/c1-10-4-8-2-5-6(3-8)9-7(5)11-8/h5,7H,2-4H2,1H3/t5-,7+,8-/m0/s1. The molecular weight excluding hydrogens is 139 g/mol. The van der Waals surface area contributed by atoms with Crippen LogP contribution in [0, 0.1) is 5.92 Å². The van der Waals surface area contributed by atoms with Gasteiger partial charge in [0.05, 0.1) is 0 Å². The predicted molar refractivity (Wildman–Crippen MR) is 43.0 cm³/mol. The van der Waals surface area contributed by atoms with E-state index in [4.69, 9.17) is 9.47 Å². The molecule has 2 fully saturated rings. The molecule has 0 amide bonds. The molecule has 0 aromatic heterocycles. The van der Waals surface area contributed by atoms with E-state index in [2.05, 4.69) is 6.92 Å². The molecule has 0 aromatic carbocycles. The summed E-state index contributed by atoms with van der Waals surface area (Å²) in [6, 6.07) is 0.453. The summed E-state index contributed by atoms with van der Waals surface area (Å²) in [6.07, 6.45) is 2.33. The summed E-state index contributed by atoms with van der Waals surface area (Å²) < 4.78 is 11.0. The van der Waals surface area contributed by atoms with Crippen molar-refractivity contribution in [1.29, 1.82) is 0 Å². The Kier molecular flexibility index (Phi) is 1.03. The van der Waals surface area contributed by atoms with E-state index in [0.29, 0.717) is 6.00 Å². The molecule has 0 spiro atoms. The molecule has 2 bridgehead atoms. The monoisotopic (exact) mass is 150 g/mol. The molecule has 3 atom stereocenters. The first kappa shape index (κ1) is 6.38. The first-order chi connectivity index (χ1) is 5.33. The molecule has 3 rings (SSSR count). The van der Waals surface area contributed by atoms with E-state index in [1.54, 1.807) is 12.6 Å². The second kappa shape index (κ2) is 1.78. The quantitative estimate of drug-likeness (QED) is 0.517. The summed E-state index contributed by atoms with van der Waals surface area (Å²) >= 11 is 0. The van der Waals surface area contributed by atoms with Crippen LogP contribution in [0.25, 0.3) is 0 Å². The Hall–Kier alpha value is -0.145. The first-order valence-corrected chi connectivity index (χ1v) is 4.20. The normalized spacial score (nSPS) is 50.1. The van der Waals surface area contributed by atoms with E-state index >= 15 is 0 Å². The average Bonchev–Trinajstić information content (AvgIpc) is 2.40. The zero-order chi connectivity index (χ0) is 7.47. The molecule has 0 unspecified atom stereocenters.